The number of benzene rings is 2. The predicted molar refractivity (Wildman–Crippen MR) is 86.9 cm³/mol. The zero-order valence-corrected chi connectivity index (χ0v) is 12.2. The van der Waals surface area contributed by atoms with Crippen LogP contribution in [0.2, 0.25) is 0 Å². The largest absolute Gasteiger partial charge is 0.382 e. The molecule has 0 aliphatic heterocycles. The molecule has 1 fully saturated rings. The van der Waals surface area contributed by atoms with Gasteiger partial charge in [0, 0.05) is 11.7 Å². The predicted octanol–water partition coefficient (Wildman–Crippen LogP) is 5.34. The van der Waals surface area contributed by atoms with Gasteiger partial charge in [0.15, 0.2) is 0 Å². The van der Waals surface area contributed by atoms with Crippen LogP contribution < -0.4 is 5.32 Å². The molecule has 2 atom stereocenters. The van der Waals surface area contributed by atoms with E-state index in [1.807, 2.05) is 0 Å². The first kappa shape index (κ1) is 13.2. The fraction of sp³-hybridized carbons (Fsp3) is 0.368. The van der Waals surface area contributed by atoms with E-state index in [1.165, 1.54) is 42.5 Å². The summed E-state index contributed by atoms with van der Waals surface area (Å²) >= 11 is 0. The molecule has 1 aliphatic rings. The highest BCUT2D eigenvalue weighted by atomic mass is 14.9. The SMILES string of the molecule is CC1CCCCC1Nc1ccc(-c2ccccc2)cc1. The molecule has 2 aromatic carbocycles. The molecule has 1 aliphatic carbocycles. The zero-order chi connectivity index (χ0) is 13.8. The van der Waals surface area contributed by atoms with Gasteiger partial charge in [0.25, 0.3) is 0 Å². The number of rotatable bonds is 3. The number of nitrogens with one attached hydrogen (secondary N) is 1. The van der Waals surface area contributed by atoms with Crippen molar-refractivity contribution in [2.75, 3.05) is 5.32 Å². The molecule has 3 rings (SSSR count). The van der Waals surface area contributed by atoms with Crippen LogP contribution in [-0.4, -0.2) is 6.04 Å². The second kappa shape index (κ2) is 6.13. The Morgan fingerprint density at radius 1 is 0.800 bits per heavy atom. The van der Waals surface area contributed by atoms with Gasteiger partial charge in [-0.25, -0.2) is 0 Å². The van der Waals surface area contributed by atoms with Gasteiger partial charge >= 0.3 is 0 Å². The lowest BCUT2D eigenvalue weighted by molar-refractivity contribution is 0.349. The average molecular weight is 265 g/mol. The Bertz CT molecular complexity index is 529. The molecule has 1 N–H and O–H groups in total. The molecule has 0 heterocycles. The van der Waals surface area contributed by atoms with Crippen molar-refractivity contribution < 1.29 is 0 Å². The van der Waals surface area contributed by atoms with Gasteiger partial charge < -0.3 is 5.32 Å². The first-order valence-corrected chi connectivity index (χ1v) is 7.75. The topological polar surface area (TPSA) is 12.0 Å². The molecule has 1 heteroatoms. The van der Waals surface area contributed by atoms with E-state index in [-0.39, 0.29) is 0 Å². The summed E-state index contributed by atoms with van der Waals surface area (Å²) in [6.45, 7) is 2.37. The first-order valence-electron chi connectivity index (χ1n) is 7.75. The van der Waals surface area contributed by atoms with Crippen molar-refractivity contribution in [2.45, 2.75) is 38.6 Å². The third kappa shape index (κ3) is 3.04. The Morgan fingerprint density at radius 3 is 2.15 bits per heavy atom. The second-order valence-corrected chi connectivity index (χ2v) is 5.96. The maximum atomic E-state index is 3.71. The van der Waals surface area contributed by atoms with E-state index < -0.39 is 0 Å². The van der Waals surface area contributed by atoms with E-state index in [2.05, 4.69) is 66.8 Å². The summed E-state index contributed by atoms with van der Waals surface area (Å²) < 4.78 is 0. The summed E-state index contributed by atoms with van der Waals surface area (Å²) in [6.07, 6.45) is 5.43. The molecular formula is C19H23N. The summed E-state index contributed by atoms with van der Waals surface area (Å²) in [5.74, 6) is 0.789. The van der Waals surface area contributed by atoms with E-state index >= 15 is 0 Å². The van der Waals surface area contributed by atoms with Crippen LogP contribution >= 0.6 is 0 Å². The molecule has 2 aromatic rings. The van der Waals surface area contributed by atoms with Gasteiger partial charge in [0.1, 0.15) is 0 Å². The van der Waals surface area contributed by atoms with E-state index in [1.54, 1.807) is 0 Å². The summed E-state index contributed by atoms with van der Waals surface area (Å²) in [5, 5.41) is 3.71. The van der Waals surface area contributed by atoms with Crippen molar-refractivity contribution in [1.29, 1.82) is 0 Å². The third-order valence-corrected chi connectivity index (χ3v) is 4.46. The van der Waals surface area contributed by atoms with E-state index in [0.29, 0.717) is 6.04 Å². The lowest BCUT2D eigenvalue weighted by atomic mass is 9.86. The normalized spacial score (nSPS) is 22.4. The summed E-state index contributed by atoms with van der Waals surface area (Å²) in [4.78, 5) is 0. The minimum atomic E-state index is 0.645. The molecule has 0 bridgehead atoms. The van der Waals surface area contributed by atoms with Crippen LogP contribution in [0.5, 0.6) is 0 Å². The van der Waals surface area contributed by atoms with Gasteiger partial charge in [0.05, 0.1) is 0 Å². The van der Waals surface area contributed by atoms with Gasteiger partial charge in [-0.2, -0.15) is 0 Å². The average Bonchev–Trinajstić information content (AvgIpc) is 2.51. The summed E-state index contributed by atoms with van der Waals surface area (Å²) in [5.41, 5.74) is 3.82. The van der Waals surface area contributed by atoms with Gasteiger partial charge in [-0.3, -0.25) is 0 Å². The molecule has 0 amide bonds. The Balaban J connectivity index is 1.70. The second-order valence-electron chi connectivity index (χ2n) is 5.96. The minimum Gasteiger partial charge on any atom is -0.382 e. The van der Waals surface area contributed by atoms with Crippen LogP contribution in [0.3, 0.4) is 0 Å². The molecule has 1 nitrogen and oxygen atoms in total. The lowest BCUT2D eigenvalue weighted by Crippen LogP contribution is -2.30. The van der Waals surface area contributed by atoms with Gasteiger partial charge in [-0.15, -0.1) is 0 Å². The highest BCUT2D eigenvalue weighted by molar-refractivity contribution is 5.65. The number of anilines is 1. The lowest BCUT2D eigenvalue weighted by Gasteiger charge is -2.30. The van der Waals surface area contributed by atoms with Gasteiger partial charge in [-0.05, 0) is 42.0 Å². The first-order chi connectivity index (χ1) is 9.83. The van der Waals surface area contributed by atoms with E-state index in [4.69, 9.17) is 0 Å². The number of hydrogen-bond acceptors (Lipinski definition) is 1. The molecule has 20 heavy (non-hydrogen) atoms. The highest BCUT2D eigenvalue weighted by Crippen LogP contribution is 2.28. The molecule has 0 spiro atoms. The van der Waals surface area contributed by atoms with Crippen molar-refractivity contribution >= 4 is 5.69 Å². The van der Waals surface area contributed by atoms with E-state index in [9.17, 15) is 0 Å². The summed E-state index contributed by atoms with van der Waals surface area (Å²) in [7, 11) is 0. The maximum Gasteiger partial charge on any atom is 0.0342 e. The fourth-order valence-corrected chi connectivity index (χ4v) is 3.13. The fourth-order valence-electron chi connectivity index (χ4n) is 3.13. The van der Waals surface area contributed by atoms with Crippen LogP contribution in [0.15, 0.2) is 54.6 Å². The number of hydrogen-bond donors (Lipinski definition) is 1. The standard InChI is InChI=1S/C19H23N/c1-15-7-5-6-10-19(15)20-18-13-11-17(12-14-18)16-8-3-2-4-9-16/h2-4,8-9,11-15,19-20H,5-7,10H2,1H3. The smallest absolute Gasteiger partial charge is 0.0342 e. The van der Waals surface area contributed by atoms with Crippen molar-refractivity contribution in [1.82, 2.24) is 0 Å². The molecule has 104 valence electrons. The van der Waals surface area contributed by atoms with Crippen molar-refractivity contribution in [3.63, 3.8) is 0 Å². The van der Waals surface area contributed by atoms with Crippen LogP contribution in [0.25, 0.3) is 11.1 Å². The molecule has 0 aromatic heterocycles. The van der Waals surface area contributed by atoms with Crippen LogP contribution in [0.4, 0.5) is 5.69 Å². The Kier molecular flexibility index (Phi) is 4.05. The molecule has 2 unspecified atom stereocenters. The molecule has 0 saturated heterocycles. The minimum absolute atomic E-state index is 0.645. The van der Waals surface area contributed by atoms with E-state index in [0.717, 1.165) is 5.92 Å². The Labute approximate surface area is 122 Å². The monoisotopic (exact) mass is 265 g/mol. The third-order valence-electron chi connectivity index (χ3n) is 4.46. The van der Waals surface area contributed by atoms with Gasteiger partial charge in [-0.1, -0.05) is 62.2 Å². The molecule has 1 saturated carbocycles. The van der Waals surface area contributed by atoms with Crippen molar-refractivity contribution in [3.8, 4) is 11.1 Å². The Hall–Kier alpha value is -1.76. The van der Waals surface area contributed by atoms with Crippen LogP contribution in [0, 0.1) is 5.92 Å². The maximum absolute atomic E-state index is 3.71. The highest BCUT2D eigenvalue weighted by Gasteiger charge is 2.20. The molecular weight excluding hydrogens is 242 g/mol. The zero-order valence-electron chi connectivity index (χ0n) is 12.2. The summed E-state index contributed by atoms with van der Waals surface area (Å²) in [6, 6.07) is 20.0. The Morgan fingerprint density at radius 2 is 1.45 bits per heavy atom. The van der Waals surface area contributed by atoms with Crippen LogP contribution in [-0.2, 0) is 0 Å². The van der Waals surface area contributed by atoms with Crippen LogP contribution in [0.1, 0.15) is 32.6 Å². The molecule has 0 radical (unpaired) electrons. The van der Waals surface area contributed by atoms with Gasteiger partial charge in [0.2, 0.25) is 0 Å². The van der Waals surface area contributed by atoms with Crippen molar-refractivity contribution in [2.24, 2.45) is 5.92 Å². The van der Waals surface area contributed by atoms with Crippen molar-refractivity contribution in [3.05, 3.63) is 54.6 Å². The quantitative estimate of drug-likeness (QED) is 0.789.